The average Bonchev–Trinajstić information content (AvgIpc) is 2.40. The SMILES string of the molecule is CNC(=O)Nc1cnns1. The molecule has 1 aromatic rings. The maximum Gasteiger partial charge on any atom is 0.319 e. The Kier molecular flexibility index (Phi) is 2.16. The van der Waals surface area contributed by atoms with Crippen LogP contribution in [0.25, 0.3) is 0 Å². The van der Waals surface area contributed by atoms with Gasteiger partial charge in [-0.2, -0.15) is 0 Å². The molecule has 10 heavy (non-hydrogen) atoms. The monoisotopic (exact) mass is 158 g/mol. The Bertz CT molecular complexity index is 209. The second-order valence-electron chi connectivity index (χ2n) is 1.49. The Balaban J connectivity index is 2.48. The van der Waals surface area contributed by atoms with Crippen LogP contribution in [0.3, 0.4) is 0 Å². The molecule has 0 atom stereocenters. The summed E-state index contributed by atoms with van der Waals surface area (Å²) in [5, 5.41) is 9.09. The highest BCUT2D eigenvalue weighted by atomic mass is 32.1. The zero-order valence-corrected chi connectivity index (χ0v) is 6.10. The van der Waals surface area contributed by atoms with Crippen LogP contribution in [0, 0.1) is 0 Å². The largest absolute Gasteiger partial charge is 0.341 e. The molecule has 2 amide bonds. The zero-order valence-electron chi connectivity index (χ0n) is 5.29. The van der Waals surface area contributed by atoms with Crippen molar-refractivity contribution >= 4 is 22.6 Å². The lowest BCUT2D eigenvalue weighted by atomic mass is 10.8. The first kappa shape index (κ1) is 6.94. The highest BCUT2D eigenvalue weighted by molar-refractivity contribution is 7.10. The van der Waals surface area contributed by atoms with E-state index in [4.69, 9.17) is 0 Å². The van der Waals surface area contributed by atoms with Crippen molar-refractivity contribution in [3.8, 4) is 0 Å². The van der Waals surface area contributed by atoms with Crippen LogP contribution in [0.5, 0.6) is 0 Å². The van der Waals surface area contributed by atoms with Gasteiger partial charge in [0.1, 0.15) is 5.00 Å². The van der Waals surface area contributed by atoms with Gasteiger partial charge in [-0.15, -0.1) is 5.10 Å². The number of aromatic nitrogens is 2. The molecule has 0 aliphatic carbocycles. The standard InChI is InChI=1S/C4H6N4OS/c1-5-4(9)7-3-2-6-8-10-3/h2H,1H3,(H2,5,7,9). The van der Waals surface area contributed by atoms with Crippen molar-refractivity contribution in [1.82, 2.24) is 14.9 Å². The molecule has 0 aromatic carbocycles. The zero-order chi connectivity index (χ0) is 7.40. The third-order valence-corrected chi connectivity index (χ3v) is 1.41. The molecule has 0 radical (unpaired) electrons. The fourth-order valence-electron chi connectivity index (χ4n) is 0.397. The summed E-state index contributed by atoms with van der Waals surface area (Å²) in [7, 11) is 1.55. The van der Waals surface area contributed by atoms with Crippen molar-refractivity contribution < 1.29 is 4.79 Å². The number of urea groups is 1. The van der Waals surface area contributed by atoms with Gasteiger partial charge in [-0.1, -0.05) is 4.49 Å². The molecular formula is C4H6N4OS. The van der Waals surface area contributed by atoms with E-state index < -0.39 is 0 Å². The quantitative estimate of drug-likeness (QED) is 0.617. The maximum atomic E-state index is 10.6. The number of rotatable bonds is 1. The van der Waals surface area contributed by atoms with E-state index in [9.17, 15) is 4.79 Å². The van der Waals surface area contributed by atoms with E-state index >= 15 is 0 Å². The van der Waals surface area contributed by atoms with Gasteiger partial charge < -0.3 is 5.32 Å². The molecule has 0 unspecified atom stereocenters. The van der Waals surface area contributed by atoms with E-state index in [0.717, 1.165) is 11.5 Å². The van der Waals surface area contributed by atoms with Gasteiger partial charge in [-0.05, 0) is 0 Å². The Morgan fingerprint density at radius 3 is 3.10 bits per heavy atom. The molecular weight excluding hydrogens is 152 g/mol. The van der Waals surface area contributed by atoms with Crippen molar-refractivity contribution in [3.63, 3.8) is 0 Å². The van der Waals surface area contributed by atoms with Crippen molar-refractivity contribution in [2.75, 3.05) is 12.4 Å². The molecule has 0 fully saturated rings. The Morgan fingerprint density at radius 2 is 2.60 bits per heavy atom. The number of nitrogens with zero attached hydrogens (tertiary/aromatic N) is 2. The van der Waals surface area contributed by atoms with Crippen molar-refractivity contribution in [3.05, 3.63) is 6.20 Å². The first-order valence-electron chi connectivity index (χ1n) is 2.59. The average molecular weight is 158 g/mol. The highest BCUT2D eigenvalue weighted by Crippen LogP contribution is 2.07. The number of anilines is 1. The molecule has 0 saturated carbocycles. The number of carbonyl (C=O) groups excluding carboxylic acids is 1. The summed E-state index contributed by atoms with van der Waals surface area (Å²) < 4.78 is 3.56. The molecule has 0 bridgehead atoms. The summed E-state index contributed by atoms with van der Waals surface area (Å²) in [6.45, 7) is 0. The third-order valence-electron chi connectivity index (χ3n) is 0.825. The fourth-order valence-corrected chi connectivity index (χ4v) is 0.811. The summed E-state index contributed by atoms with van der Waals surface area (Å²) in [6, 6.07) is -0.258. The molecule has 2 N–H and O–H groups in total. The first-order valence-corrected chi connectivity index (χ1v) is 3.36. The Hall–Kier alpha value is -1.17. The van der Waals surface area contributed by atoms with Crippen LogP contribution in [-0.2, 0) is 0 Å². The van der Waals surface area contributed by atoms with Gasteiger partial charge in [0, 0.05) is 18.6 Å². The van der Waals surface area contributed by atoms with Crippen molar-refractivity contribution in [2.45, 2.75) is 0 Å². The normalized spacial score (nSPS) is 8.90. The van der Waals surface area contributed by atoms with Crippen LogP contribution in [0.4, 0.5) is 9.80 Å². The van der Waals surface area contributed by atoms with E-state index in [0.29, 0.717) is 5.00 Å². The van der Waals surface area contributed by atoms with Crippen LogP contribution >= 0.6 is 11.5 Å². The van der Waals surface area contributed by atoms with E-state index in [1.54, 1.807) is 7.05 Å². The van der Waals surface area contributed by atoms with Crippen LogP contribution in [0.1, 0.15) is 0 Å². The molecule has 5 nitrogen and oxygen atoms in total. The summed E-state index contributed by atoms with van der Waals surface area (Å²) in [4.78, 5) is 10.6. The molecule has 0 aliphatic heterocycles. The minimum absolute atomic E-state index is 0.258. The summed E-state index contributed by atoms with van der Waals surface area (Å²) in [5.74, 6) is 0. The van der Waals surface area contributed by atoms with Gasteiger partial charge >= 0.3 is 6.03 Å². The second-order valence-corrected chi connectivity index (χ2v) is 2.27. The number of nitrogens with one attached hydrogen (secondary N) is 2. The van der Waals surface area contributed by atoms with Crippen LogP contribution in [-0.4, -0.2) is 22.7 Å². The lowest BCUT2D eigenvalue weighted by Crippen LogP contribution is -2.23. The molecule has 54 valence electrons. The second kappa shape index (κ2) is 3.11. The Labute approximate surface area is 61.6 Å². The maximum absolute atomic E-state index is 10.6. The molecule has 0 spiro atoms. The van der Waals surface area contributed by atoms with E-state index in [-0.39, 0.29) is 6.03 Å². The number of amides is 2. The first-order chi connectivity index (χ1) is 4.83. The van der Waals surface area contributed by atoms with E-state index in [2.05, 4.69) is 20.2 Å². The molecule has 1 aromatic heterocycles. The lowest BCUT2D eigenvalue weighted by molar-refractivity contribution is 0.254. The van der Waals surface area contributed by atoms with Crippen LogP contribution in [0.2, 0.25) is 0 Å². The topological polar surface area (TPSA) is 66.9 Å². The van der Waals surface area contributed by atoms with Crippen molar-refractivity contribution in [2.24, 2.45) is 0 Å². The Morgan fingerprint density at radius 1 is 1.80 bits per heavy atom. The van der Waals surface area contributed by atoms with Crippen molar-refractivity contribution in [1.29, 1.82) is 0 Å². The van der Waals surface area contributed by atoms with E-state index in [1.165, 1.54) is 6.20 Å². The van der Waals surface area contributed by atoms with Gasteiger partial charge in [-0.3, -0.25) is 5.32 Å². The number of carbonyl (C=O) groups is 1. The summed E-state index contributed by atoms with van der Waals surface area (Å²) >= 11 is 1.13. The highest BCUT2D eigenvalue weighted by Gasteiger charge is 1.98. The van der Waals surface area contributed by atoms with Crippen LogP contribution in [0.15, 0.2) is 6.20 Å². The fraction of sp³-hybridized carbons (Fsp3) is 0.250. The van der Waals surface area contributed by atoms with Gasteiger partial charge in [-0.25, -0.2) is 4.79 Å². The minimum Gasteiger partial charge on any atom is -0.341 e. The molecule has 1 rings (SSSR count). The van der Waals surface area contributed by atoms with Gasteiger partial charge in [0.25, 0.3) is 0 Å². The minimum atomic E-state index is -0.258. The molecule has 6 heteroatoms. The summed E-state index contributed by atoms with van der Waals surface area (Å²) in [5.41, 5.74) is 0. The van der Waals surface area contributed by atoms with Gasteiger partial charge in [0.2, 0.25) is 0 Å². The number of hydrogen-bond acceptors (Lipinski definition) is 4. The van der Waals surface area contributed by atoms with Gasteiger partial charge in [0.05, 0.1) is 6.20 Å². The predicted molar refractivity (Wildman–Crippen MR) is 38.0 cm³/mol. The van der Waals surface area contributed by atoms with Gasteiger partial charge in [0.15, 0.2) is 0 Å². The molecule has 0 aliphatic rings. The van der Waals surface area contributed by atoms with Crippen LogP contribution < -0.4 is 10.6 Å². The summed E-state index contributed by atoms with van der Waals surface area (Å²) in [6.07, 6.45) is 1.49. The third kappa shape index (κ3) is 1.66. The smallest absolute Gasteiger partial charge is 0.319 e. The predicted octanol–water partition coefficient (Wildman–Crippen LogP) is 0.289. The van der Waals surface area contributed by atoms with E-state index in [1.807, 2.05) is 0 Å². The lowest BCUT2D eigenvalue weighted by Gasteiger charge is -1.96. The number of hydrogen-bond donors (Lipinski definition) is 2. The molecule has 0 saturated heterocycles. The molecule has 1 heterocycles.